The third-order valence-electron chi connectivity index (χ3n) is 30.3. The van der Waals surface area contributed by atoms with Gasteiger partial charge in [0.05, 0.1) is 120 Å². The number of fused-ring (bicyclic) bond motifs is 1. The Hall–Kier alpha value is -11.8. The van der Waals surface area contributed by atoms with Crippen molar-refractivity contribution in [3.05, 3.63) is 226 Å². The van der Waals surface area contributed by atoms with Crippen LogP contribution in [0.1, 0.15) is 147 Å². The molecule has 8 amide bonds. The Kier molecular flexibility index (Phi) is 26.9. The Morgan fingerprint density at radius 3 is 1.25 bits per heavy atom. The molecule has 4 aliphatic carbocycles. The van der Waals surface area contributed by atoms with Crippen molar-refractivity contribution in [1.29, 1.82) is 0 Å². The molecule has 0 radical (unpaired) electrons. The number of carboxylic acids is 1. The molecule has 5 saturated heterocycles. The Bertz CT molecular complexity index is 5810. The summed E-state index contributed by atoms with van der Waals surface area (Å²) in [5, 5.41) is 25.0. The summed E-state index contributed by atoms with van der Waals surface area (Å²) in [7, 11) is 19.0. The van der Waals surface area contributed by atoms with Gasteiger partial charge in [0, 0.05) is 78.1 Å². The minimum Gasteiger partial charge on any atom is -0.480 e. The van der Waals surface area contributed by atoms with Gasteiger partial charge in [0.15, 0.2) is 5.82 Å². The van der Waals surface area contributed by atoms with Crippen molar-refractivity contribution in [1.82, 2.24) is 85.2 Å². The van der Waals surface area contributed by atoms with Crippen LogP contribution in [0.25, 0.3) is 22.4 Å². The zero-order valence-corrected chi connectivity index (χ0v) is 78.7. The first kappa shape index (κ1) is 95.4. The molecule has 5 N–H and O–H groups in total. The molecule has 710 valence electrons. The number of hydrogen-bond acceptors (Lipinski definition) is 19. The molecule has 0 unspecified atom stereocenters. The minimum atomic E-state index is -4.50. The van der Waals surface area contributed by atoms with E-state index in [1.54, 1.807) is 70.9 Å². The third kappa shape index (κ3) is 19.3. The number of aryl methyl sites for hydroxylation is 3. The summed E-state index contributed by atoms with van der Waals surface area (Å²) in [5.41, 5.74) is 5.68. The van der Waals surface area contributed by atoms with Crippen molar-refractivity contribution in [2.24, 2.45) is 7.05 Å². The van der Waals surface area contributed by atoms with Crippen LogP contribution in [0.15, 0.2) is 182 Å². The number of alkyl halides is 6. The Morgan fingerprint density at radius 2 is 0.858 bits per heavy atom. The smallest absolute Gasteiger partial charge is 0.433 e. The lowest BCUT2D eigenvalue weighted by molar-refractivity contribution is -0.142. The molecule has 0 atom stereocenters. The van der Waals surface area contributed by atoms with Crippen molar-refractivity contribution in [2.45, 2.75) is 180 Å². The fourth-order valence-electron chi connectivity index (χ4n) is 21.9. The van der Waals surface area contributed by atoms with Crippen molar-refractivity contribution in [2.75, 3.05) is 140 Å². The number of halogens is 6. The average Bonchev–Trinajstić information content (AvgIpc) is 1.62. The van der Waals surface area contributed by atoms with E-state index in [9.17, 15) is 50.3 Å². The fraction of sp³-hybridized carbons (Fsp3) is 0.475. The maximum absolute atomic E-state index is 13.1. The number of piperazine rings is 1. The van der Waals surface area contributed by atoms with Crippen LogP contribution in [0.4, 0.5) is 74.2 Å². The molecule has 3 aromatic carbocycles. The van der Waals surface area contributed by atoms with E-state index in [0.717, 1.165) is 150 Å². The molecule has 12 heterocycles. The molecule has 19 rings (SSSR count). The molecule has 0 bridgehead atoms. The third-order valence-corrected chi connectivity index (χ3v) is 31.3. The second-order valence-corrected chi connectivity index (χ2v) is 39.8. The molecule has 4 spiro atoms. The zero-order valence-electron chi connectivity index (χ0n) is 77.9. The number of pyridine rings is 3. The van der Waals surface area contributed by atoms with Gasteiger partial charge in [-0.2, -0.15) is 26.3 Å². The first-order chi connectivity index (χ1) is 63.8. The number of nitrogens with zero attached hydrogens (tertiary/aromatic N) is 18. The number of aliphatic carboxylic acids is 1. The molecular formula is C99H120F6N22O6S. The highest BCUT2D eigenvalue weighted by Crippen LogP contribution is 2.52. The van der Waals surface area contributed by atoms with E-state index < -0.39 is 29.7 Å². The fourth-order valence-corrected chi connectivity index (χ4v) is 23.0. The summed E-state index contributed by atoms with van der Waals surface area (Å²) in [4.78, 5) is 114. The number of carboxylic acid groups (broad SMARTS) is 1. The van der Waals surface area contributed by atoms with Crippen molar-refractivity contribution < 1.29 is 55.4 Å². The van der Waals surface area contributed by atoms with Crippen LogP contribution in [-0.2, 0) is 47.2 Å². The first-order valence-corrected chi connectivity index (χ1v) is 46.8. The number of likely N-dealkylation sites (N-methyl/N-ethyl adjacent to an activating group) is 1. The van der Waals surface area contributed by atoms with Crippen LogP contribution in [0.3, 0.4) is 0 Å². The second kappa shape index (κ2) is 37.8. The number of amides is 8. The lowest BCUT2D eigenvalue weighted by Gasteiger charge is -2.48. The number of carbonyl (C=O) groups is 5. The zero-order chi connectivity index (χ0) is 95.1. The number of carbonyl (C=O) groups excluding carboxylic acids is 4. The monoisotopic (exact) mass is 1860 g/mol. The van der Waals surface area contributed by atoms with E-state index in [1.165, 1.54) is 32.7 Å². The number of anilines is 5. The second-order valence-electron chi connectivity index (χ2n) is 38.8. The SMILES string of the molecule is CN(C)C1(c2ccccc2)CCC2(CC1)CN(c1cnc(-c3ccnc4c3ccn4C)nc1)C(=O)N2.CN(C)C1(c2ccccc2)CCC2(CC1)CN(c1cnc(N3CCN(CC(=O)O)CC3)nc1)C(=O)N2.Cc1cc(C(F)(F)F)ncc1N1CC2(CCC(Cc3ccccc3)(N(C)C)CC2)NC1=O.Cc1cc(C(F)(F)F)ncc1N1CC2(CCC(c3cccs3)(N(C)C)CC2)NC1=O. The number of rotatable bonds is 17. The quantitative estimate of drug-likeness (QED) is 0.0530. The lowest BCUT2D eigenvalue weighted by atomic mass is 9.69. The molecule has 9 aliphatic rings. The van der Waals surface area contributed by atoms with Crippen molar-refractivity contribution >= 4 is 81.2 Å². The van der Waals surface area contributed by atoms with Crippen LogP contribution in [-0.4, -0.2) is 242 Å². The van der Waals surface area contributed by atoms with Gasteiger partial charge >= 0.3 is 42.4 Å². The van der Waals surface area contributed by atoms with Gasteiger partial charge < -0.3 is 40.7 Å². The summed E-state index contributed by atoms with van der Waals surface area (Å²) in [5.74, 6) is 0.429. The topological polar surface area (TPSA) is 281 Å². The minimum absolute atomic E-state index is 0.0105. The van der Waals surface area contributed by atoms with E-state index in [-0.39, 0.29) is 75.0 Å². The Balaban J connectivity index is 0.000000130. The standard InChI is InChI=1S/C28H31N7O.C26H35N7O3.C24H29F3N4O.C21H25F3N4OS/c1-33(2)28(20-7-5-4-6-8-20)13-11-27(12-14-28)19-35(26(36)32-27)21-17-30-24(31-18-21)22-9-15-29-25-23(22)10-16-34(25)3;1-30(2)26(20-6-4-3-5-7-20)10-8-25(9-11-26)19-33(24(36)29-25)21-16-27-23(28-17-21)32-14-12-31(13-15-32)18-22(34)35;1-17-13-20(24(25,26)27)28-15-19(17)31-16-22(29-21(31)32)9-11-23(12-10-22,30(2)3)14-18-7-5-4-6-8-18;1-14-11-16(21(22,23)24)25-12-15(14)28-13-19(26-18(28)29)6-8-20(9-7-19,27(2)3)17-5-4-10-30-17/h4-10,15-18H,11-14,19H2,1-3H3,(H,32,36);3-7,16-17H,8-15,18-19H2,1-2H3,(H,29,36)(H,34,35);4-8,13,15H,9-12,14,16H2,1-3H3,(H,29,32);4-5,10-12H,6-9,13H2,1-3H3,(H,26,29). The van der Waals surface area contributed by atoms with Gasteiger partial charge in [-0.15, -0.1) is 11.3 Å². The highest BCUT2D eigenvalue weighted by Gasteiger charge is 2.56. The summed E-state index contributed by atoms with van der Waals surface area (Å²) in [6, 6.07) is 41.3. The predicted octanol–water partition coefficient (Wildman–Crippen LogP) is 15.9. The normalized spacial score (nSPS) is 26.1. The van der Waals surface area contributed by atoms with E-state index in [0.29, 0.717) is 92.3 Å². The molecule has 7 aromatic heterocycles. The van der Waals surface area contributed by atoms with E-state index in [1.807, 2.05) is 40.9 Å². The van der Waals surface area contributed by atoms with Crippen LogP contribution in [0, 0.1) is 13.8 Å². The first-order valence-electron chi connectivity index (χ1n) is 45.9. The predicted molar refractivity (Wildman–Crippen MR) is 506 cm³/mol. The molecule has 134 heavy (non-hydrogen) atoms. The number of thiophene rings is 1. The number of urea groups is 4. The molecule has 35 heteroatoms. The molecular weight excluding hydrogens is 1740 g/mol. The lowest BCUT2D eigenvalue weighted by Crippen LogP contribution is -2.56. The van der Waals surface area contributed by atoms with Gasteiger partial charge in [-0.25, -0.2) is 54.1 Å². The average molecular weight is 1860 g/mol. The van der Waals surface area contributed by atoms with Crippen molar-refractivity contribution in [3.8, 4) is 11.4 Å². The highest BCUT2D eigenvalue weighted by molar-refractivity contribution is 7.10. The van der Waals surface area contributed by atoms with Gasteiger partial charge in [0.2, 0.25) is 5.95 Å². The van der Waals surface area contributed by atoms with Crippen molar-refractivity contribution in [3.63, 3.8) is 0 Å². The van der Waals surface area contributed by atoms with Gasteiger partial charge in [0.25, 0.3) is 0 Å². The summed E-state index contributed by atoms with van der Waals surface area (Å²) < 4.78 is 79.7. The highest BCUT2D eigenvalue weighted by atomic mass is 32.1. The number of aromatic nitrogens is 8. The van der Waals surface area contributed by atoms with Crippen LogP contribution in [0.2, 0.25) is 0 Å². The number of benzene rings is 3. The van der Waals surface area contributed by atoms with E-state index in [4.69, 9.17) is 5.11 Å². The number of nitrogens with one attached hydrogen (secondary N) is 4. The van der Waals surface area contributed by atoms with Gasteiger partial charge in [0.1, 0.15) is 17.0 Å². The van der Waals surface area contributed by atoms with E-state index in [2.05, 4.69) is 239 Å². The summed E-state index contributed by atoms with van der Waals surface area (Å²) in [6.07, 6.45) is 19.4. The van der Waals surface area contributed by atoms with Gasteiger partial charge in [-0.05, 0) is 243 Å². The summed E-state index contributed by atoms with van der Waals surface area (Å²) >= 11 is 1.75. The molecule has 28 nitrogen and oxygen atoms in total. The van der Waals surface area contributed by atoms with Crippen LogP contribution in [0.5, 0.6) is 0 Å². The largest absolute Gasteiger partial charge is 0.480 e. The molecule has 5 aliphatic heterocycles. The molecule has 4 saturated carbocycles. The molecule has 9 fully saturated rings. The Morgan fingerprint density at radius 1 is 0.455 bits per heavy atom. The Labute approximate surface area is 782 Å². The molecule has 10 aromatic rings. The van der Waals surface area contributed by atoms with Gasteiger partial charge in [-0.1, -0.05) is 97.1 Å². The summed E-state index contributed by atoms with van der Waals surface area (Å²) in [6.45, 7) is 8.01. The van der Waals surface area contributed by atoms with Gasteiger partial charge in [-0.3, -0.25) is 44.0 Å². The van der Waals surface area contributed by atoms with Crippen LogP contribution < -0.4 is 45.8 Å². The number of hydrogen-bond donors (Lipinski definition) is 5. The maximum atomic E-state index is 13.1. The van der Waals surface area contributed by atoms with Crippen LogP contribution >= 0.6 is 11.3 Å². The maximum Gasteiger partial charge on any atom is 0.433 e. The van der Waals surface area contributed by atoms with E-state index >= 15 is 0 Å².